The van der Waals surface area contributed by atoms with E-state index in [0.29, 0.717) is 32.5 Å². The SMILES string of the molecule is OC(CN1CCC(=NOCc2ccccc2Br)CC1)(Cn1cncn1)c1ccc(F)cc1F. The van der Waals surface area contributed by atoms with Crippen LogP contribution in [0.5, 0.6) is 0 Å². The van der Waals surface area contributed by atoms with E-state index < -0.39 is 17.2 Å². The van der Waals surface area contributed by atoms with Crippen LogP contribution in [0.25, 0.3) is 0 Å². The highest BCUT2D eigenvalue weighted by molar-refractivity contribution is 9.10. The molecule has 1 fully saturated rings. The number of aliphatic hydroxyl groups is 1. The van der Waals surface area contributed by atoms with E-state index in [1.165, 1.54) is 23.4 Å². The van der Waals surface area contributed by atoms with Crippen molar-refractivity contribution in [3.8, 4) is 0 Å². The number of rotatable bonds is 8. The summed E-state index contributed by atoms with van der Waals surface area (Å²) in [5, 5.41) is 19.8. The van der Waals surface area contributed by atoms with Gasteiger partial charge >= 0.3 is 0 Å². The summed E-state index contributed by atoms with van der Waals surface area (Å²) in [6, 6.07) is 11.0. The van der Waals surface area contributed by atoms with Crippen molar-refractivity contribution in [2.45, 2.75) is 31.6 Å². The molecule has 7 nitrogen and oxygen atoms in total. The van der Waals surface area contributed by atoms with Crippen LogP contribution in [0.4, 0.5) is 8.78 Å². The van der Waals surface area contributed by atoms with Crippen LogP contribution in [-0.4, -0.2) is 50.1 Å². The first-order chi connectivity index (χ1) is 15.9. The quantitative estimate of drug-likeness (QED) is 0.457. The molecular weight excluding hydrogens is 496 g/mol. The number of hydrogen-bond acceptors (Lipinski definition) is 6. The molecule has 174 valence electrons. The Morgan fingerprint density at radius 1 is 1.12 bits per heavy atom. The first kappa shape index (κ1) is 23.5. The minimum absolute atomic E-state index is 0.0118. The van der Waals surface area contributed by atoms with Gasteiger partial charge < -0.3 is 9.94 Å². The fraction of sp³-hybridized carbons (Fsp3) is 0.348. The molecule has 1 atom stereocenters. The molecule has 33 heavy (non-hydrogen) atoms. The van der Waals surface area contributed by atoms with Crippen LogP contribution < -0.4 is 0 Å². The van der Waals surface area contributed by atoms with Gasteiger partial charge in [-0.05, 0) is 12.1 Å². The standard InChI is InChI=1S/C23H24BrF2N5O2/c24-21-4-2-1-3-17(21)12-33-29-19-7-9-30(10-8-19)13-23(32,14-31-16-27-15-28-31)20-6-5-18(25)11-22(20)26/h1-6,11,15-16,32H,7-10,12-14H2. The van der Waals surface area contributed by atoms with Crippen LogP contribution in [0.3, 0.4) is 0 Å². The highest BCUT2D eigenvalue weighted by Gasteiger charge is 2.36. The predicted molar refractivity (Wildman–Crippen MR) is 122 cm³/mol. The number of nitrogens with zero attached hydrogens (tertiary/aromatic N) is 5. The van der Waals surface area contributed by atoms with Crippen LogP contribution in [0, 0.1) is 11.6 Å². The monoisotopic (exact) mass is 519 g/mol. The van der Waals surface area contributed by atoms with Gasteiger partial charge in [-0.2, -0.15) is 5.10 Å². The number of piperidine rings is 1. The lowest BCUT2D eigenvalue weighted by atomic mass is 9.91. The lowest BCUT2D eigenvalue weighted by Gasteiger charge is -2.36. The summed E-state index contributed by atoms with van der Waals surface area (Å²) in [6.07, 6.45) is 4.14. The van der Waals surface area contributed by atoms with Gasteiger partial charge in [0.15, 0.2) is 0 Å². The molecule has 0 amide bonds. The number of oxime groups is 1. The molecule has 0 bridgehead atoms. The zero-order valence-electron chi connectivity index (χ0n) is 17.9. The average Bonchev–Trinajstić information content (AvgIpc) is 3.29. The van der Waals surface area contributed by atoms with Crippen molar-refractivity contribution in [3.63, 3.8) is 0 Å². The minimum Gasteiger partial charge on any atom is -0.391 e. The summed E-state index contributed by atoms with van der Waals surface area (Å²) < 4.78 is 30.5. The Morgan fingerprint density at radius 2 is 1.91 bits per heavy atom. The predicted octanol–water partition coefficient (Wildman–Crippen LogP) is 3.88. The van der Waals surface area contributed by atoms with E-state index in [2.05, 4.69) is 31.2 Å². The van der Waals surface area contributed by atoms with Crippen molar-refractivity contribution in [1.29, 1.82) is 0 Å². The summed E-state index contributed by atoms with van der Waals surface area (Å²) in [7, 11) is 0. The third-order valence-electron chi connectivity index (χ3n) is 5.61. The van der Waals surface area contributed by atoms with Crippen molar-refractivity contribution in [2.75, 3.05) is 19.6 Å². The van der Waals surface area contributed by atoms with Crippen LogP contribution in [0.15, 0.2) is 64.7 Å². The van der Waals surface area contributed by atoms with Gasteiger partial charge in [-0.25, -0.2) is 18.4 Å². The second kappa shape index (κ2) is 10.5. The first-order valence-electron chi connectivity index (χ1n) is 10.6. The number of halogens is 3. The summed E-state index contributed by atoms with van der Waals surface area (Å²) >= 11 is 3.49. The Hall–Kier alpha value is -2.69. The molecule has 1 aliphatic rings. The summed E-state index contributed by atoms with van der Waals surface area (Å²) in [4.78, 5) is 11.5. The van der Waals surface area contributed by atoms with Crippen LogP contribution in [-0.2, 0) is 23.6 Å². The largest absolute Gasteiger partial charge is 0.391 e. The number of benzene rings is 2. The van der Waals surface area contributed by atoms with Gasteiger partial charge in [-0.1, -0.05) is 45.4 Å². The fourth-order valence-electron chi connectivity index (χ4n) is 3.91. The maximum absolute atomic E-state index is 14.6. The molecule has 4 rings (SSSR count). The number of β-amino-alcohol motifs (C(OH)–C–C–N with tert-alkyl or cyclic N) is 1. The van der Waals surface area contributed by atoms with Gasteiger partial charge in [-0.3, -0.25) is 4.90 Å². The van der Waals surface area contributed by atoms with E-state index in [1.54, 1.807) is 0 Å². The molecule has 0 saturated carbocycles. The van der Waals surface area contributed by atoms with Gasteiger partial charge in [-0.15, -0.1) is 0 Å². The van der Waals surface area contributed by atoms with E-state index >= 15 is 0 Å². The molecule has 3 aromatic rings. The maximum Gasteiger partial charge on any atom is 0.143 e. The molecule has 1 N–H and O–H groups in total. The van der Waals surface area contributed by atoms with Crippen LogP contribution in [0.1, 0.15) is 24.0 Å². The smallest absolute Gasteiger partial charge is 0.143 e. The van der Waals surface area contributed by atoms with Crippen molar-refractivity contribution in [1.82, 2.24) is 19.7 Å². The fourth-order valence-corrected chi connectivity index (χ4v) is 4.31. The minimum atomic E-state index is -1.61. The van der Waals surface area contributed by atoms with Crippen molar-refractivity contribution < 1.29 is 18.7 Å². The van der Waals surface area contributed by atoms with Crippen molar-refractivity contribution in [3.05, 3.63) is 82.4 Å². The Labute approximate surface area is 198 Å². The molecule has 1 saturated heterocycles. The lowest BCUT2D eigenvalue weighted by Crippen LogP contribution is -2.47. The van der Waals surface area contributed by atoms with Gasteiger partial charge in [0.1, 0.15) is 36.5 Å². The third kappa shape index (κ3) is 6.01. The number of likely N-dealkylation sites (tertiary alicyclic amines) is 1. The summed E-state index contributed by atoms with van der Waals surface area (Å²) in [5.41, 5.74) is 0.358. The highest BCUT2D eigenvalue weighted by atomic mass is 79.9. The Balaban J connectivity index is 1.40. The second-order valence-corrected chi connectivity index (χ2v) is 8.90. The molecule has 1 aliphatic heterocycles. The molecule has 2 heterocycles. The average molecular weight is 520 g/mol. The summed E-state index contributed by atoms with van der Waals surface area (Å²) in [5.74, 6) is -1.49. The molecule has 1 aromatic heterocycles. The lowest BCUT2D eigenvalue weighted by molar-refractivity contribution is -0.0220. The molecular formula is C23H24BrF2N5O2. The van der Waals surface area contributed by atoms with Crippen molar-refractivity contribution >= 4 is 21.6 Å². The maximum atomic E-state index is 14.6. The van der Waals surface area contributed by atoms with E-state index in [1.807, 2.05) is 29.2 Å². The number of hydrogen-bond donors (Lipinski definition) is 1. The van der Waals surface area contributed by atoms with E-state index in [4.69, 9.17) is 4.84 Å². The normalized spacial score (nSPS) is 16.4. The molecule has 2 aromatic carbocycles. The molecule has 0 radical (unpaired) electrons. The molecule has 0 aliphatic carbocycles. The molecule has 10 heteroatoms. The molecule has 1 unspecified atom stereocenters. The second-order valence-electron chi connectivity index (χ2n) is 8.05. The van der Waals surface area contributed by atoms with E-state index in [-0.39, 0.29) is 18.7 Å². The van der Waals surface area contributed by atoms with Crippen LogP contribution in [0.2, 0.25) is 0 Å². The third-order valence-corrected chi connectivity index (χ3v) is 6.39. The van der Waals surface area contributed by atoms with Gasteiger partial charge in [0, 0.05) is 54.1 Å². The zero-order chi connectivity index (χ0) is 23.3. The van der Waals surface area contributed by atoms with Gasteiger partial charge in [0.25, 0.3) is 0 Å². The topological polar surface area (TPSA) is 75.8 Å². The zero-order valence-corrected chi connectivity index (χ0v) is 19.5. The first-order valence-corrected chi connectivity index (χ1v) is 11.4. The van der Waals surface area contributed by atoms with Crippen LogP contribution >= 0.6 is 15.9 Å². The van der Waals surface area contributed by atoms with Crippen molar-refractivity contribution in [2.24, 2.45) is 5.16 Å². The highest BCUT2D eigenvalue weighted by Crippen LogP contribution is 2.29. The van der Waals surface area contributed by atoms with E-state index in [9.17, 15) is 13.9 Å². The van der Waals surface area contributed by atoms with Gasteiger partial charge in [0.2, 0.25) is 0 Å². The Bertz CT molecular complexity index is 1100. The Kier molecular flexibility index (Phi) is 7.46. The number of aromatic nitrogens is 3. The van der Waals surface area contributed by atoms with E-state index in [0.717, 1.165) is 27.9 Å². The summed E-state index contributed by atoms with van der Waals surface area (Å²) in [6.45, 7) is 1.76. The Morgan fingerprint density at radius 3 is 2.61 bits per heavy atom. The van der Waals surface area contributed by atoms with Gasteiger partial charge in [0.05, 0.1) is 12.3 Å². The molecule has 0 spiro atoms.